The van der Waals surface area contributed by atoms with E-state index in [0.717, 1.165) is 29.9 Å². The average molecular weight is 332 g/mol. The first-order chi connectivity index (χ1) is 11.3. The van der Waals surface area contributed by atoms with Crippen molar-refractivity contribution in [3.05, 3.63) is 42.1 Å². The number of hydrogen-bond acceptors (Lipinski definition) is 5. The van der Waals surface area contributed by atoms with Gasteiger partial charge in [-0.1, -0.05) is 35.5 Å². The van der Waals surface area contributed by atoms with E-state index in [1.54, 1.807) is 6.07 Å². The molecule has 3 rings (SSSR count). The van der Waals surface area contributed by atoms with Gasteiger partial charge in [-0.05, 0) is 30.3 Å². The van der Waals surface area contributed by atoms with Crippen molar-refractivity contribution in [1.82, 2.24) is 10.5 Å². The molecule has 5 nitrogen and oxygen atoms in total. The molecular formula is C17H20N2O3S. The number of benzene rings is 1. The van der Waals surface area contributed by atoms with E-state index in [1.165, 1.54) is 0 Å². The Balaban J connectivity index is 1.67. The quantitative estimate of drug-likeness (QED) is 0.880. The number of carbonyl (C=O) groups is 1. The molecule has 1 amide bonds. The van der Waals surface area contributed by atoms with E-state index < -0.39 is 0 Å². The molecule has 0 bridgehead atoms. The molecule has 1 saturated heterocycles. The second-order valence-corrected chi connectivity index (χ2v) is 6.88. The third-order valence-electron chi connectivity index (χ3n) is 4.15. The van der Waals surface area contributed by atoms with Crippen molar-refractivity contribution in [1.29, 1.82) is 0 Å². The van der Waals surface area contributed by atoms with Gasteiger partial charge in [0.2, 0.25) is 0 Å². The van der Waals surface area contributed by atoms with E-state index in [0.29, 0.717) is 11.7 Å². The zero-order valence-corrected chi connectivity index (χ0v) is 13.6. The fourth-order valence-electron chi connectivity index (χ4n) is 2.79. The smallest absolute Gasteiger partial charge is 0.273 e. The minimum atomic E-state index is -0.298. The maximum Gasteiger partial charge on any atom is 0.273 e. The number of nitrogens with zero attached hydrogens (tertiary/aromatic N) is 1. The zero-order valence-electron chi connectivity index (χ0n) is 12.8. The molecule has 1 aromatic carbocycles. The maximum atomic E-state index is 12.4. The lowest BCUT2D eigenvalue weighted by Gasteiger charge is -2.29. The lowest BCUT2D eigenvalue weighted by Crippen LogP contribution is -2.44. The molecule has 1 atom stereocenters. The van der Waals surface area contributed by atoms with E-state index in [2.05, 4.69) is 10.5 Å². The Kier molecular flexibility index (Phi) is 5.35. The lowest BCUT2D eigenvalue weighted by molar-refractivity contribution is 0.0875. The molecule has 23 heavy (non-hydrogen) atoms. The number of rotatable bonds is 5. The third-order valence-corrected chi connectivity index (χ3v) is 5.20. The van der Waals surface area contributed by atoms with Crippen LogP contribution in [0.15, 0.2) is 40.9 Å². The van der Waals surface area contributed by atoms with Gasteiger partial charge in [-0.25, -0.2) is 0 Å². The second-order valence-electron chi connectivity index (χ2n) is 5.65. The maximum absolute atomic E-state index is 12.4. The van der Waals surface area contributed by atoms with Crippen LogP contribution in [0.5, 0.6) is 0 Å². The molecule has 0 radical (unpaired) electrons. The standard InChI is InChI=1S/C17H20N2O3S/c20-11-15(12-6-8-23-9-7-12)18-17(21)14-10-16(22-19-14)13-4-2-1-3-5-13/h1-5,10,12,15,20H,6-9,11H2,(H,18,21)/t15-/m0/s1. The minimum Gasteiger partial charge on any atom is -0.394 e. The van der Waals surface area contributed by atoms with Crippen molar-refractivity contribution in [2.24, 2.45) is 5.92 Å². The van der Waals surface area contributed by atoms with E-state index in [-0.39, 0.29) is 24.2 Å². The Morgan fingerprint density at radius 1 is 1.35 bits per heavy atom. The molecule has 1 fully saturated rings. The Morgan fingerprint density at radius 2 is 2.09 bits per heavy atom. The molecule has 0 unspecified atom stereocenters. The fourth-order valence-corrected chi connectivity index (χ4v) is 3.94. The van der Waals surface area contributed by atoms with Crippen molar-refractivity contribution in [3.8, 4) is 11.3 Å². The largest absolute Gasteiger partial charge is 0.394 e. The van der Waals surface area contributed by atoms with Gasteiger partial charge in [0.05, 0.1) is 12.6 Å². The number of nitrogens with one attached hydrogen (secondary N) is 1. The number of aromatic nitrogens is 1. The molecule has 1 aliphatic heterocycles. The first-order valence-electron chi connectivity index (χ1n) is 7.79. The topological polar surface area (TPSA) is 75.4 Å². The van der Waals surface area contributed by atoms with Gasteiger partial charge < -0.3 is 14.9 Å². The summed E-state index contributed by atoms with van der Waals surface area (Å²) >= 11 is 1.92. The van der Waals surface area contributed by atoms with Crippen molar-refractivity contribution in [2.45, 2.75) is 18.9 Å². The Hall–Kier alpha value is -1.79. The first kappa shape index (κ1) is 16.1. The number of aliphatic hydroxyl groups is 1. The average Bonchev–Trinajstić information content (AvgIpc) is 3.11. The molecule has 2 heterocycles. The number of aliphatic hydroxyl groups excluding tert-OH is 1. The fraction of sp³-hybridized carbons (Fsp3) is 0.412. The number of hydrogen-bond donors (Lipinski definition) is 2. The Labute approximate surface area is 139 Å². The van der Waals surface area contributed by atoms with Gasteiger partial charge in [-0.2, -0.15) is 11.8 Å². The highest BCUT2D eigenvalue weighted by atomic mass is 32.2. The zero-order chi connectivity index (χ0) is 16.1. The first-order valence-corrected chi connectivity index (χ1v) is 8.95. The molecule has 0 spiro atoms. The predicted molar refractivity (Wildman–Crippen MR) is 90.3 cm³/mol. The summed E-state index contributed by atoms with van der Waals surface area (Å²) in [7, 11) is 0. The van der Waals surface area contributed by atoms with Gasteiger partial charge in [-0.15, -0.1) is 0 Å². The highest BCUT2D eigenvalue weighted by Gasteiger charge is 2.26. The second kappa shape index (κ2) is 7.66. The highest BCUT2D eigenvalue weighted by molar-refractivity contribution is 7.99. The summed E-state index contributed by atoms with van der Waals surface area (Å²) in [6, 6.07) is 10.9. The molecule has 1 aliphatic rings. The van der Waals surface area contributed by atoms with Crippen LogP contribution in [0.4, 0.5) is 0 Å². The van der Waals surface area contributed by atoms with Gasteiger partial charge >= 0.3 is 0 Å². The van der Waals surface area contributed by atoms with Crippen LogP contribution in [0.2, 0.25) is 0 Å². The van der Waals surface area contributed by atoms with E-state index >= 15 is 0 Å². The number of thioether (sulfide) groups is 1. The molecule has 1 aromatic heterocycles. The van der Waals surface area contributed by atoms with Crippen LogP contribution < -0.4 is 5.32 Å². The number of amides is 1. The van der Waals surface area contributed by atoms with Gasteiger partial charge in [0.15, 0.2) is 11.5 Å². The van der Waals surface area contributed by atoms with Crippen LogP contribution in [-0.4, -0.2) is 40.3 Å². The minimum absolute atomic E-state index is 0.0511. The summed E-state index contributed by atoms with van der Waals surface area (Å²) in [5, 5.41) is 16.3. The number of carbonyl (C=O) groups excluding carboxylic acids is 1. The summed E-state index contributed by atoms with van der Waals surface area (Å²) in [6.07, 6.45) is 2.04. The summed E-state index contributed by atoms with van der Waals surface area (Å²) in [5.41, 5.74) is 1.12. The summed E-state index contributed by atoms with van der Waals surface area (Å²) in [6.45, 7) is -0.0511. The molecule has 2 N–H and O–H groups in total. The van der Waals surface area contributed by atoms with Crippen molar-refractivity contribution >= 4 is 17.7 Å². The van der Waals surface area contributed by atoms with Gasteiger partial charge in [0.25, 0.3) is 5.91 Å². The normalized spacial score (nSPS) is 16.9. The van der Waals surface area contributed by atoms with Crippen LogP contribution >= 0.6 is 11.8 Å². The van der Waals surface area contributed by atoms with Crippen LogP contribution in [0.3, 0.4) is 0 Å². The Morgan fingerprint density at radius 3 is 2.78 bits per heavy atom. The Bertz CT molecular complexity index is 638. The van der Waals surface area contributed by atoms with Gasteiger partial charge in [0, 0.05) is 11.6 Å². The van der Waals surface area contributed by atoms with Crippen LogP contribution in [0, 0.1) is 5.92 Å². The monoisotopic (exact) mass is 332 g/mol. The van der Waals surface area contributed by atoms with E-state index in [4.69, 9.17) is 4.52 Å². The molecule has 2 aromatic rings. The predicted octanol–water partition coefficient (Wildman–Crippen LogP) is 2.58. The van der Waals surface area contributed by atoms with Crippen molar-refractivity contribution in [2.75, 3.05) is 18.1 Å². The summed E-state index contributed by atoms with van der Waals surface area (Å²) in [5.74, 6) is 2.75. The molecular weight excluding hydrogens is 312 g/mol. The third kappa shape index (κ3) is 3.95. The van der Waals surface area contributed by atoms with Gasteiger partial charge in [0.1, 0.15) is 0 Å². The van der Waals surface area contributed by atoms with Crippen molar-refractivity contribution < 1.29 is 14.4 Å². The van der Waals surface area contributed by atoms with E-state index in [9.17, 15) is 9.90 Å². The van der Waals surface area contributed by atoms with Crippen LogP contribution in [0.1, 0.15) is 23.3 Å². The SMILES string of the molecule is O=C(N[C@@H](CO)C1CCSCC1)c1cc(-c2ccccc2)on1. The van der Waals surface area contributed by atoms with Gasteiger partial charge in [-0.3, -0.25) is 4.79 Å². The molecule has 0 saturated carbocycles. The lowest BCUT2D eigenvalue weighted by atomic mass is 9.94. The molecule has 0 aliphatic carbocycles. The molecule has 122 valence electrons. The van der Waals surface area contributed by atoms with Crippen LogP contribution in [-0.2, 0) is 0 Å². The molecule has 6 heteroatoms. The highest BCUT2D eigenvalue weighted by Crippen LogP contribution is 2.26. The van der Waals surface area contributed by atoms with E-state index in [1.807, 2.05) is 42.1 Å². The van der Waals surface area contributed by atoms with Crippen molar-refractivity contribution in [3.63, 3.8) is 0 Å². The summed E-state index contributed by atoms with van der Waals surface area (Å²) < 4.78 is 5.26. The summed E-state index contributed by atoms with van der Waals surface area (Å²) in [4.78, 5) is 12.4. The van der Waals surface area contributed by atoms with Crippen LogP contribution in [0.25, 0.3) is 11.3 Å².